The van der Waals surface area contributed by atoms with Gasteiger partial charge in [-0.15, -0.1) is 6.58 Å². The Morgan fingerprint density at radius 2 is 1.81 bits per heavy atom. The van der Waals surface area contributed by atoms with E-state index in [2.05, 4.69) is 18.7 Å². The highest BCUT2D eigenvalue weighted by molar-refractivity contribution is 5.59. The molecule has 0 amide bonds. The molecule has 2 bridgehead atoms. The van der Waals surface area contributed by atoms with Crippen LogP contribution in [0.3, 0.4) is 0 Å². The van der Waals surface area contributed by atoms with Gasteiger partial charge in [-0.25, -0.2) is 0 Å². The summed E-state index contributed by atoms with van der Waals surface area (Å²) in [6.07, 6.45) is 6.95. The van der Waals surface area contributed by atoms with Gasteiger partial charge in [0.1, 0.15) is 0 Å². The van der Waals surface area contributed by atoms with Gasteiger partial charge in [-0.1, -0.05) is 18.2 Å². The second kappa shape index (κ2) is 2.94. The van der Waals surface area contributed by atoms with Crippen LogP contribution in [0, 0.1) is 0 Å². The van der Waals surface area contributed by atoms with E-state index in [-0.39, 0.29) is 29.6 Å². The number of aromatic nitrogens is 1. The van der Waals surface area contributed by atoms with E-state index in [1.807, 2.05) is 6.92 Å². The largest absolute Gasteiger partial charge is 0.494 e. The molecule has 1 heterocycles. The molecule has 16 heavy (non-hydrogen) atoms. The molecule has 2 N–H and O–H groups in total. The predicted molar refractivity (Wildman–Crippen MR) is 61.9 cm³/mol. The molecule has 0 saturated carbocycles. The molecule has 0 spiro atoms. The maximum atomic E-state index is 10.2. The Bertz CT molecular complexity index is 463. The highest BCUT2D eigenvalue weighted by Crippen LogP contribution is 2.57. The van der Waals surface area contributed by atoms with Gasteiger partial charge in [0, 0.05) is 23.0 Å². The van der Waals surface area contributed by atoms with Crippen molar-refractivity contribution in [3.63, 3.8) is 0 Å². The van der Waals surface area contributed by atoms with Gasteiger partial charge in [0.2, 0.25) is 0 Å². The van der Waals surface area contributed by atoms with E-state index < -0.39 is 0 Å². The SMILES string of the molecule is C=CC(C)n1c(O)c2c(c1O)C1C=CC2C1. The third-order valence-electron chi connectivity index (χ3n) is 3.80. The van der Waals surface area contributed by atoms with Crippen LogP contribution in [0.5, 0.6) is 11.8 Å². The van der Waals surface area contributed by atoms with Crippen LogP contribution in [0.1, 0.15) is 42.3 Å². The third kappa shape index (κ3) is 0.932. The van der Waals surface area contributed by atoms with E-state index in [4.69, 9.17) is 0 Å². The molecule has 3 rings (SSSR count). The van der Waals surface area contributed by atoms with Crippen molar-refractivity contribution in [1.82, 2.24) is 4.57 Å². The molecule has 1 aromatic heterocycles. The summed E-state index contributed by atoms with van der Waals surface area (Å²) in [7, 11) is 0. The van der Waals surface area contributed by atoms with Gasteiger partial charge < -0.3 is 10.2 Å². The summed E-state index contributed by atoms with van der Waals surface area (Å²) in [6, 6.07) is -0.0926. The summed E-state index contributed by atoms with van der Waals surface area (Å²) in [6.45, 7) is 5.60. The number of rotatable bonds is 2. The van der Waals surface area contributed by atoms with Crippen molar-refractivity contribution in [3.05, 3.63) is 35.9 Å². The number of aromatic hydroxyl groups is 2. The Labute approximate surface area is 94.3 Å². The van der Waals surface area contributed by atoms with E-state index in [9.17, 15) is 10.2 Å². The van der Waals surface area contributed by atoms with Crippen molar-refractivity contribution in [1.29, 1.82) is 0 Å². The molecule has 84 valence electrons. The van der Waals surface area contributed by atoms with Gasteiger partial charge in [0.25, 0.3) is 0 Å². The molecule has 3 heteroatoms. The molecular weight excluding hydrogens is 202 g/mol. The van der Waals surface area contributed by atoms with Crippen LogP contribution in [0.2, 0.25) is 0 Å². The lowest BCUT2D eigenvalue weighted by Crippen LogP contribution is -2.01. The average molecular weight is 217 g/mol. The van der Waals surface area contributed by atoms with Crippen molar-refractivity contribution in [2.45, 2.75) is 31.2 Å². The lowest BCUT2D eigenvalue weighted by Gasteiger charge is -2.13. The number of fused-ring (bicyclic) bond motifs is 5. The molecule has 0 saturated heterocycles. The second-order valence-electron chi connectivity index (χ2n) is 4.65. The zero-order valence-corrected chi connectivity index (χ0v) is 9.22. The van der Waals surface area contributed by atoms with Gasteiger partial charge in [0.15, 0.2) is 11.8 Å². The van der Waals surface area contributed by atoms with E-state index in [0.717, 1.165) is 17.5 Å². The highest BCUT2D eigenvalue weighted by Gasteiger charge is 2.41. The molecule has 3 nitrogen and oxygen atoms in total. The summed E-state index contributed by atoms with van der Waals surface area (Å²) in [5, 5.41) is 20.4. The van der Waals surface area contributed by atoms with Crippen LogP contribution in [0.25, 0.3) is 0 Å². The first-order valence-electron chi connectivity index (χ1n) is 5.62. The Morgan fingerprint density at radius 1 is 1.31 bits per heavy atom. The first-order chi connectivity index (χ1) is 7.65. The van der Waals surface area contributed by atoms with Crippen LogP contribution >= 0.6 is 0 Å². The van der Waals surface area contributed by atoms with Crippen molar-refractivity contribution in [2.24, 2.45) is 0 Å². The van der Waals surface area contributed by atoms with Gasteiger partial charge in [0.05, 0.1) is 6.04 Å². The zero-order chi connectivity index (χ0) is 11.4. The Morgan fingerprint density at radius 3 is 2.25 bits per heavy atom. The van der Waals surface area contributed by atoms with Crippen LogP contribution in [-0.4, -0.2) is 14.8 Å². The van der Waals surface area contributed by atoms with Gasteiger partial charge in [-0.05, 0) is 13.3 Å². The molecule has 2 aliphatic rings. The molecule has 0 aromatic carbocycles. The maximum absolute atomic E-state index is 10.2. The number of allylic oxidation sites excluding steroid dienone is 3. The Balaban J connectivity index is 2.22. The van der Waals surface area contributed by atoms with E-state index in [1.165, 1.54) is 0 Å². The van der Waals surface area contributed by atoms with Gasteiger partial charge in [-0.2, -0.15) is 0 Å². The molecule has 3 unspecified atom stereocenters. The Kier molecular flexibility index (Phi) is 1.76. The fourth-order valence-corrected chi connectivity index (χ4v) is 2.95. The summed E-state index contributed by atoms with van der Waals surface area (Å²) < 4.78 is 1.56. The van der Waals surface area contributed by atoms with E-state index in [1.54, 1.807) is 10.6 Å². The monoisotopic (exact) mass is 217 g/mol. The van der Waals surface area contributed by atoms with Crippen LogP contribution in [0.15, 0.2) is 24.8 Å². The van der Waals surface area contributed by atoms with Crippen molar-refractivity contribution in [3.8, 4) is 11.8 Å². The lowest BCUT2D eigenvalue weighted by molar-refractivity contribution is 0.354. The molecule has 0 fully saturated rings. The van der Waals surface area contributed by atoms with Crippen molar-refractivity contribution in [2.75, 3.05) is 0 Å². The lowest BCUT2D eigenvalue weighted by atomic mass is 10.0. The number of hydrogen-bond acceptors (Lipinski definition) is 2. The quantitative estimate of drug-likeness (QED) is 0.748. The maximum Gasteiger partial charge on any atom is 0.198 e. The van der Waals surface area contributed by atoms with Crippen LogP contribution in [0.4, 0.5) is 0 Å². The number of hydrogen-bond donors (Lipinski definition) is 2. The molecule has 0 radical (unpaired) electrons. The van der Waals surface area contributed by atoms with E-state index in [0.29, 0.717) is 0 Å². The summed E-state index contributed by atoms with van der Waals surface area (Å²) >= 11 is 0. The molecule has 1 aromatic rings. The third-order valence-corrected chi connectivity index (χ3v) is 3.80. The smallest absolute Gasteiger partial charge is 0.198 e. The zero-order valence-electron chi connectivity index (χ0n) is 9.22. The minimum Gasteiger partial charge on any atom is -0.494 e. The van der Waals surface area contributed by atoms with Crippen molar-refractivity contribution >= 4 is 0 Å². The fourth-order valence-electron chi connectivity index (χ4n) is 2.95. The minimum absolute atomic E-state index is 0.0926. The minimum atomic E-state index is -0.0926. The first kappa shape index (κ1) is 9.58. The summed E-state index contributed by atoms with van der Waals surface area (Å²) in [5.41, 5.74) is 1.83. The van der Waals surface area contributed by atoms with Crippen LogP contribution < -0.4 is 0 Å². The Hall–Kier alpha value is -1.64. The first-order valence-corrected chi connectivity index (χ1v) is 5.62. The van der Waals surface area contributed by atoms with E-state index >= 15 is 0 Å². The van der Waals surface area contributed by atoms with Gasteiger partial charge >= 0.3 is 0 Å². The summed E-state index contributed by atoms with van der Waals surface area (Å²) in [5.74, 6) is 0.974. The summed E-state index contributed by atoms with van der Waals surface area (Å²) in [4.78, 5) is 0. The molecular formula is C13H15NO2. The fraction of sp³-hybridized carbons (Fsp3) is 0.385. The second-order valence-corrected chi connectivity index (χ2v) is 4.65. The molecule has 3 atom stereocenters. The van der Waals surface area contributed by atoms with Gasteiger partial charge in [-0.3, -0.25) is 4.57 Å². The predicted octanol–water partition coefficient (Wildman–Crippen LogP) is 2.79. The topological polar surface area (TPSA) is 45.4 Å². The molecule has 2 aliphatic carbocycles. The average Bonchev–Trinajstić information content (AvgIpc) is 2.92. The van der Waals surface area contributed by atoms with Crippen LogP contribution in [-0.2, 0) is 0 Å². The molecule has 0 aliphatic heterocycles. The standard InChI is InChI=1S/C13H15NO2/c1-3-7(2)14-12(15)10-8-4-5-9(6-8)11(10)13(14)16/h3-5,7-9,15-16H,1,6H2,2H3. The highest BCUT2D eigenvalue weighted by atomic mass is 16.3. The van der Waals surface area contributed by atoms with Crippen molar-refractivity contribution < 1.29 is 10.2 Å². The normalized spacial score (nSPS) is 27.1. The number of nitrogens with zero attached hydrogens (tertiary/aromatic N) is 1.